The maximum atomic E-state index is 4.21. The van der Waals surface area contributed by atoms with E-state index < -0.39 is 0 Å². The van der Waals surface area contributed by atoms with Crippen molar-refractivity contribution >= 4 is 11.8 Å². The fourth-order valence-corrected chi connectivity index (χ4v) is 1.46. The average Bonchev–Trinajstić information content (AvgIpc) is 2.49. The van der Waals surface area contributed by atoms with Crippen LogP contribution in [0.1, 0.15) is 6.92 Å². The second kappa shape index (κ2) is 4.37. The zero-order valence-corrected chi connectivity index (χ0v) is 9.07. The Balaban J connectivity index is 0.000000980. The largest absolute Gasteiger partial charge is 1.00 e. The summed E-state index contributed by atoms with van der Waals surface area (Å²) in [5, 5.41) is 0. The van der Waals surface area contributed by atoms with Gasteiger partial charge in [0.15, 0.2) is 0 Å². The molecule has 0 fully saturated rings. The van der Waals surface area contributed by atoms with Crippen LogP contribution >= 0.6 is 0 Å². The van der Waals surface area contributed by atoms with Crippen molar-refractivity contribution in [2.45, 2.75) is 6.92 Å². The van der Waals surface area contributed by atoms with Gasteiger partial charge in [-0.15, -0.1) is 0 Å². The van der Waals surface area contributed by atoms with Gasteiger partial charge in [0.25, 0.3) is 5.84 Å². The van der Waals surface area contributed by atoms with Gasteiger partial charge in [-0.2, -0.15) is 14.9 Å². The summed E-state index contributed by atoms with van der Waals surface area (Å²) in [4.78, 5) is 10.6. The van der Waals surface area contributed by atoms with Crippen molar-refractivity contribution in [1.29, 1.82) is 0 Å². The van der Waals surface area contributed by atoms with E-state index in [-0.39, 0.29) is 12.4 Å². The first-order valence-corrected chi connectivity index (χ1v) is 4.38. The van der Waals surface area contributed by atoms with Crippen LogP contribution in [0.15, 0.2) is 18.5 Å². The van der Waals surface area contributed by atoms with Crippen molar-refractivity contribution in [3.8, 4) is 0 Å². The lowest BCUT2D eigenvalue weighted by atomic mass is 10.5. The predicted molar refractivity (Wildman–Crippen MR) is 51.1 cm³/mol. The van der Waals surface area contributed by atoms with E-state index in [1.807, 2.05) is 6.07 Å². The molecule has 4 nitrogen and oxygen atoms in total. The SMILES string of the molecule is CC1=[N+](C)CCN1c1ncccn1.[Cl-]. The van der Waals surface area contributed by atoms with Crippen LogP contribution in [0.5, 0.6) is 0 Å². The Bertz CT molecular complexity index is 336. The Hall–Kier alpha value is -1.16. The fourth-order valence-electron chi connectivity index (χ4n) is 1.46. The number of likely N-dealkylation sites (N-methyl/N-ethyl adjacent to an activating group) is 1. The summed E-state index contributed by atoms with van der Waals surface area (Å²) in [6.45, 7) is 4.11. The Morgan fingerprint density at radius 1 is 1.36 bits per heavy atom. The second-order valence-corrected chi connectivity index (χ2v) is 3.17. The summed E-state index contributed by atoms with van der Waals surface area (Å²) in [6, 6.07) is 1.83. The van der Waals surface area contributed by atoms with Crippen LogP contribution in [0.2, 0.25) is 0 Å². The molecule has 0 spiro atoms. The molecule has 2 rings (SSSR count). The van der Waals surface area contributed by atoms with E-state index in [2.05, 4.69) is 33.4 Å². The summed E-state index contributed by atoms with van der Waals surface area (Å²) in [7, 11) is 2.08. The van der Waals surface area contributed by atoms with Gasteiger partial charge in [-0.3, -0.25) is 4.58 Å². The number of hydrogen-bond acceptors (Lipinski definition) is 3. The quantitative estimate of drug-likeness (QED) is 0.478. The summed E-state index contributed by atoms with van der Waals surface area (Å²) in [5.74, 6) is 2.01. The molecule has 1 aromatic rings. The van der Waals surface area contributed by atoms with E-state index in [1.54, 1.807) is 12.4 Å². The number of halogens is 1. The molecule has 0 atom stereocenters. The maximum absolute atomic E-state index is 4.21. The molecule has 0 aromatic carbocycles. The summed E-state index contributed by atoms with van der Waals surface area (Å²) < 4.78 is 2.20. The van der Waals surface area contributed by atoms with E-state index in [9.17, 15) is 0 Å². The number of rotatable bonds is 1. The van der Waals surface area contributed by atoms with Gasteiger partial charge < -0.3 is 12.4 Å². The highest BCUT2D eigenvalue weighted by molar-refractivity contribution is 5.91. The third kappa shape index (κ3) is 1.85. The van der Waals surface area contributed by atoms with Crippen molar-refractivity contribution < 1.29 is 17.0 Å². The molecule has 0 bridgehead atoms. The molecule has 1 aromatic heterocycles. The van der Waals surface area contributed by atoms with Crippen LogP contribution in [0, 0.1) is 0 Å². The Morgan fingerprint density at radius 2 is 2.00 bits per heavy atom. The molecule has 0 aliphatic carbocycles. The van der Waals surface area contributed by atoms with Gasteiger partial charge in [0.1, 0.15) is 13.1 Å². The van der Waals surface area contributed by atoms with Crippen molar-refractivity contribution in [2.24, 2.45) is 0 Å². The molecule has 2 heterocycles. The molecule has 0 N–H and O–H groups in total. The van der Waals surface area contributed by atoms with E-state index in [4.69, 9.17) is 0 Å². The van der Waals surface area contributed by atoms with Gasteiger partial charge in [0.05, 0.1) is 7.05 Å². The molecule has 0 unspecified atom stereocenters. The molecular weight excluding hydrogens is 200 g/mol. The first kappa shape index (κ1) is 10.9. The van der Waals surface area contributed by atoms with Gasteiger partial charge >= 0.3 is 5.95 Å². The van der Waals surface area contributed by atoms with Gasteiger partial charge in [0.2, 0.25) is 0 Å². The lowest BCUT2D eigenvalue weighted by Crippen LogP contribution is -3.00. The van der Waals surface area contributed by atoms with Crippen LogP contribution in [0.25, 0.3) is 0 Å². The van der Waals surface area contributed by atoms with Gasteiger partial charge in [-0.1, -0.05) is 0 Å². The molecule has 0 radical (unpaired) electrons. The highest BCUT2D eigenvalue weighted by atomic mass is 35.5. The van der Waals surface area contributed by atoms with Gasteiger partial charge in [-0.05, 0) is 6.07 Å². The van der Waals surface area contributed by atoms with Crippen LogP contribution in [0.4, 0.5) is 5.95 Å². The highest BCUT2D eigenvalue weighted by Crippen LogP contribution is 2.09. The zero-order chi connectivity index (χ0) is 9.26. The van der Waals surface area contributed by atoms with Crippen molar-refractivity contribution in [1.82, 2.24) is 9.97 Å². The highest BCUT2D eigenvalue weighted by Gasteiger charge is 2.27. The minimum Gasteiger partial charge on any atom is -1.00 e. The van der Waals surface area contributed by atoms with Crippen molar-refractivity contribution in [3.63, 3.8) is 0 Å². The van der Waals surface area contributed by atoms with Crippen LogP contribution < -0.4 is 17.3 Å². The van der Waals surface area contributed by atoms with Crippen LogP contribution in [-0.2, 0) is 0 Å². The minimum absolute atomic E-state index is 0. The maximum Gasteiger partial charge on any atom is 0.320 e. The average molecular weight is 213 g/mol. The monoisotopic (exact) mass is 212 g/mol. The number of anilines is 1. The van der Waals surface area contributed by atoms with E-state index >= 15 is 0 Å². The number of amidine groups is 1. The van der Waals surface area contributed by atoms with Crippen molar-refractivity contribution in [3.05, 3.63) is 18.5 Å². The zero-order valence-electron chi connectivity index (χ0n) is 8.31. The Morgan fingerprint density at radius 3 is 2.50 bits per heavy atom. The molecule has 1 aliphatic heterocycles. The molecular formula is C9H13ClN4. The standard InChI is InChI=1S/C9H13N4.ClH/c1-8-12(2)6-7-13(8)9-10-4-3-5-11-9;/h3-5H,6-7H2,1-2H3;1H/q+1;/p-1. The molecule has 0 saturated carbocycles. The summed E-state index contributed by atoms with van der Waals surface area (Å²) in [6.07, 6.45) is 3.54. The number of nitrogens with zero attached hydrogens (tertiary/aromatic N) is 4. The van der Waals surface area contributed by atoms with Crippen molar-refractivity contribution in [2.75, 3.05) is 25.0 Å². The Labute approximate surface area is 89.7 Å². The Kier molecular flexibility index (Phi) is 3.41. The number of aromatic nitrogens is 2. The molecule has 0 amide bonds. The van der Waals surface area contributed by atoms with E-state index in [1.165, 1.54) is 5.84 Å². The first-order valence-electron chi connectivity index (χ1n) is 4.38. The van der Waals surface area contributed by atoms with Crippen LogP contribution in [0.3, 0.4) is 0 Å². The first-order chi connectivity index (χ1) is 6.29. The van der Waals surface area contributed by atoms with Crippen LogP contribution in [-0.4, -0.2) is 40.5 Å². The van der Waals surface area contributed by atoms with E-state index in [0.29, 0.717) is 0 Å². The molecule has 5 heteroatoms. The topological polar surface area (TPSA) is 32.0 Å². The molecule has 0 saturated heterocycles. The number of hydrogen-bond donors (Lipinski definition) is 0. The minimum atomic E-state index is 0. The lowest BCUT2D eigenvalue weighted by molar-refractivity contribution is -0.486. The lowest BCUT2D eigenvalue weighted by Gasteiger charge is -2.05. The second-order valence-electron chi connectivity index (χ2n) is 3.17. The summed E-state index contributed by atoms with van der Waals surface area (Å²) >= 11 is 0. The normalized spacial score (nSPS) is 15.7. The molecule has 76 valence electrons. The van der Waals surface area contributed by atoms with Gasteiger partial charge in [0, 0.05) is 19.3 Å². The van der Waals surface area contributed by atoms with E-state index in [0.717, 1.165) is 19.0 Å². The third-order valence-electron chi connectivity index (χ3n) is 2.40. The van der Waals surface area contributed by atoms with Gasteiger partial charge in [-0.25, -0.2) is 0 Å². The predicted octanol–water partition coefficient (Wildman–Crippen LogP) is -2.64. The summed E-state index contributed by atoms with van der Waals surface area (Å²) in [5.41, 5.74) is 0. The third-order valence-corrected chi connectivity index (χ3v) is 2.40. The molecule has 1 aliphatic rings. The fraction of sp³-hybridized carbons (Fsp3) is 0.444. The molecule has 14 heavy (non-hydrogen) atoms. The smallest absolute Gasteiger partial charge is 0.320 e.